The van der Waals surface area contributed by atoms with Gasteiger partial charge in [0.05, 0.1) is 4.90 Å². The summed E-state index contributed by atoms with van der Waals surface area (Å²) in [6.45, 7) is 8.24. The second kappa shape index (κ2) is 9.83. The minimum Gasteiger partial charge on any atom is -0.351 e. The molecule has 0 aliphatic carbocycles. The van der Waals surface area contributed by atoms with Crippen molar-refractivity contribution in [1.29, 1.82) is 0 Å². The van der Waals surface area contributed by atoms with E-state index in [-0.39, 0.29) is 22.6 Å². The highest BCUT2D eigenvalue weighted by molar-refractivity contribution is 7.89. The van der Waals surface area contributed by atoms with Crippen LogP contribution >= 0.6 is 0 Å². The molecule has 3 rings (SSSR count). The summed E-state index contributed by atoms with van der Waals surface area (Å²) in [5.41, 5.74) is 3.63. The number of amides is 2. The van der Waals surface area contributed by atoms with Crippen LogP contribution in [-0.4, -0.2) is 32.8 Å². The van der Waals surface area contributed by atoms with Crippen LogP contribution < -0.4 is 14.9 Å². The molecule has 32 heavy (non-hydrogen) atoms. The van der Waals surface area contributed by atoms with Crippen molar-refractivity contribution in [2.24, 2.45) is 5.92 Å². The summed E-state index contributed by atoms with van der Waals surface area (Å²) >= 11 is 0. The van der Waals surface area contributed by atoms with Crippen molar-refractivity contribution in [2.75, 3.05) is 11.4 Å². The van der Waals surface area contributed by atoms with E-state index in [9.17, 15) is 18.0 Å². The molecule has 0 radical (unpaired) electrons. The highest BCUT2D eigenvalue weighted by Crippen LogP contribution is 2.30. The number of aryl methyl sites for hydroxylation is 1. The largest absolute Gasteiger partial charge is 0.351 e. The Morgan fingerprint density at radius 1 is 1.09 bits per heavy atom. The monoisotopic (exact) mass is 457 g/mol. The lowest BCUT2D eigenvalue weighted by atomic mass is 10.0. The van der Waals surface area contributed by atoms with Gasteiger partial charge in [-0.3, -0.25) is 9.59 Å². The van der Waals surface area contributed by atoms with Gasteiger partial charge in [0.25, 0.3) is 0 Å². The molecular weight excluding hydrogens is 426 g/mol. The summed E-state index contributed by atoms with van der Waals surface area (Å²) in [5, 5.41) is 2.85. The summed E-state index contributed by atoms with van der Waals surface area (Å²) in [6, 6.07) is 11.7. The number of nitrogens with zero attached hydrogens (tertiary/aromatic N) is 1. The Morgan fingerprint density at radius 2 is 1.78 bits per heavy atom. The molecule has 0 saturated heterocycles. The molecule has 1 atom stereocenters. The normalized spacial score (nSPS) is 14.3. The third kappa shape index (κ3) is 5.75. The van der Waals surface area contributed by atoms with Crippen molar-refractivity contribution < 1.29 is 18.0 Å². The Kier molecular flexibility index (Phi) is 7.36. The SMILES string of the molecule is CC(=O)N1CCc2cc(S(=O)(=O)N[C@@H](CC(C)C)C(=O)NCc3ccc(C)cc3)ccc21. The fourth-order valence-electron chi connectivity index (χ4n) is 3.83. The van der Waals surface area contributed by atoms with E-state index in [1.165, 1.54) is 13.0 Å². The molecule has 0 bridgehead atoms. The number of nitrogens with one attached hydrogen (secondary N) is 2. The summed E-state index contributed by atoms with van der Waals surface area (Å²) < 4.78 is 28.8. The van der Waals surface area contributed by atoms with Crippen molar-refractivity contribution in [2.45, 2.75) is 58.0 Å². The Hall–Kier alpha value is -2.71. The smallest absolute Gasteiger partial charge is 0.241 e. The number of hydrogen-bond donors (Lipinski definition) is 2. The van der Waals surface area contributed by atoms with Gasteiger partial charge in [0, 0.05) is 25.7 Å². The molecule has 0 saturated carbocycles. The molecule has 1 aliphatic rings. The molecule has 2 N–H and O–H groups in total. The molecule has 0 unspecified atom stereocenters. The lowest BCUT2D eigenvalue weighted by Gasteiger charge is -2.21. The molecule has 172 valence electrons. The number of benzene rings is 2. The van der Waals surface area contributed by atoms with Gasteiger partial charge in [-0.1, -0.05) is 43.7 Å². The van der Waals surface area contributed by atoms with Crippen molar-refractivity contribution in [3.8, 4) is 0 Å². The molecule has 0 spiro atoms. The van der Waals surface area contributed by atoms with Crippen LogP contribution in [0.1, 0.15) is 43.9 Å². The van der Waals surface area contributed by atoms with E-state index in [2.05, 4.69) is 10.0 Å². The van der Waals surface area contributed by atoms with E-state index in [0.717, 1.165) is 22.4 Å². The zero-order chi connectivity index (χ0) is 23.5. The van der Waals surface area contributed by atoms with E-state index < -0.39 is 16.1 Å². The fourth-order valence-corrected chi connectivity index (χ4v) is 5.08. The number of fused-ring (bicyclic) bond motifs is 1. The molecule has 8 heteroatoms. The second-order valence-electron chi connectivity index (χ2n) is 8.72. The first-order valence-corrected chi connectivity index (χ1v) is 12.3. The van der Waals surface area contributed by atoms with Crippen LogP contribution in [0.5, 0.6) is 0 Å². The van der Waals surface area contributed by atoms with Crippen LogP contribution in [0, 0.1) is 12.8 Å². The van der Waals surface area contributed by atoms with Gasteiger partial charge in [0.2, 0.25) is 21.8 Å². The summed E-state index contributed by atoms with van der Waals surface area (Å²) in [7, 11) is -3.91. The van der Waals surface area contributed by atoms with Gasteiger partial charge in [-0.2, -0.15) is 4.72 Å². The number of anilines is 1. The average molecular weight is 458 g/mol. The third-order valence-electron chi connectivity index (χ3n) is 5.55. The molecule has 7 nitrogen and oxygen atoms in total. The predicted molar refractivity (Wildman–Crippen MR) is 125 cm³/mol. The first kappa shape index (κ1) is 23.9. The van der Waals surface area contributed by atoms with E-state index in [4.69, 9.17) is 0 Å². The van der Waals surface area contributed by atoms with Crippen LogP contribution in [0.25, 0.3) is 0 Å². The number of hydrogen-bond acceptors (Lipinski definition) is 4. The first-order chi connectivity index (χ1) is 15.1. The zero-order valence-corrected chi connectivity index (χ0v) is 19.8. The van der Waals surface area contributed by atoms with Crippen LogP contribution in [0.3, 0.4) is 0 Å². The second-order valence-corrected chi connectivity index (χ2v) is 10.4. The minimum absolute atomic E-state index is 0.0697. The van der Waals surface area contributed by atoms with Gasteiger partial charge < -0.3 is 10.2 Å². The number of sulfonamides is 1. The summed E-state index contributed by atoms with van der Waals surface area (Å²) in [4.78, 5) is 26.3. The van der Waals surface area contributed by atoms with Crippen LogP contribution in [-0.2, 0) is 32.6 Å². The number of carbonyl (C=O) groups is 2. The maximum atomic E-state index is 13.1. The molecule has 0 fully saturated rings. The van der Waals surface area contributed by atoms with Crippen LogP contribution in [0.15, 0.2) is 47.4 Å². The van der Waals surface area contributed by atoms with Gasteiger partial charge >= 0.3 is 0 Å². The topological polar surface area (TPSA) is 95.6 Å². The van der Waals surface area contributed by atoms with Gasteiger partial charge in [-0.15, -0.1) is 0 Å². The average Bonchev–Trinajstić information content (AvgIpc) is 3.16. The molecule has 1 heterocycles. The minimum atomic E-state index is -3.91. The fraction of sp³-hybridized carbons (Fsp3) is 0.417. The summed E-state index contributed by atoms with van der Waals surface area (Å²) in [6.07, 6.45) is 0.979. The van der Waals surface area contributed by atoms with Gasteiger partial charge in [0.15, 0.2) is 0 Å². The standard InChI is InChI=1S/C24H31N3O4S/c1-16(2)13-22(24(29)25-15-19-7-5-17(3)6-8-19)26-32(30,31)21-9-10-23-20(14-21)11-12-27(23)18(4)28/h5-10,14,16,22,26H,11-13,15H2,1-4H3,(H,25,29)/t22-/m0/s1. The number of rotatable bonds is 8. The lowest BCUT2D eigenvalue weighted by molar-refractivity contribution is -0.123. The van der Waals surface area contributed by atoms with Crippen molar-refractivity contribution in [3.63, 3.8) is 0 Å². The van der Waals surface area contributed by atoms with E-state index in [1.807, 2.05) is 45.0 Å². The van der Waals surface area contributed by atoms with Gasteiger partial charge in [-0.25, -0.2) is 8.42 Å². The maximum absolute atomic E-state index is 13.1. The molecule has 2 amide bonds. The van der Waals surface area contributed by atoms with Crippen LogP contribution in [0.2, 0.25) is 0 Å². The quantitative estimate of drug-likeness (QED) is 0.637. The Bertz CT molecular complexity index is 1090. The highest BCUT2D eigenvalue weighted by atomic mass is 32.2. The zero-order valence-electron chi connectivity index (χ0n) is 19.0. The highest BCUT2D eigenvalue weighted by Gasteiger charge is 2.29. The van der Waals surface area contributed by atoms with Gasteiger partial charge in [0.1, 0.15) is 6.04 Å². The Balaban J connectivity index is 1.74. The maximum Gasteiger partial charge on any atom is 0.241 e. The van der Waals surface area contributed by atoms with E-state index >= 15 is 0 Å². The van der Waals surface area contributed by atoms with Gasteiger partial charge in [-0.05, 0) is 55.0 Å². The summed E-state index contributed by atoms with van der Waals surface area (Å²) in [5.74, 6) is -0.302. The first-order valence-electron chi connectivity index (χ1n) is 10.8. The predicted octanol–water partition coefficient (Wildman–Crippen LogP) is 2.91. The number of carbonyl (C=O) groups excluding carboxylic acids is 2. The molecule has 1 aliphatic heterocycles. The molecular formula is C24H31N3O4S. The van der Waals surface area contributed by atoms with Crippen molar-refractivity contribution >= 4 is 27.5 Å². The van der Waals surface area contributed by atoms with Crippen molar-refractivity contribution in [3.05, 3.63) is 59.2 Å². The molecule has 0 aromatic heterocycles. The molecule has 2 aromatic rings. The van der Waals surface area contributed by atoms with Crippen LogP contribution in [0.4, 0.5) is 5.69 Å². The Labute approximate surface area is 190 Å². The Morgan fingerprint density at radius 3 is 2.41 bits per heavy atom. The molecule has 2 aromatic carbocycles. The lowest BCUT2D eigenvalue weighted by Crippen LogP contribution is -2.47. The van der Waals surface area contributed by atoms with E-state index in [0.29, 0.717) is 25.9 Å². The van der Waals surface area contributed by atoms with Crippen molar-refractivity contribution in [1.82, 2.24) is 10.0 Å². The third-order valence-corrected chi connectivity index (χ3v) is 7.01. The van der Waals surface area contributed by atoms with E-state index in [1.54, 1.807) is 17.0 Å².